The maximum absolute atomic E-state index is 11.5. The topological polar surface area (TPSA) is 73.4 Å². The van der Waals surface area contributed by atoms with E-state index in [2.05, 4.69) is 16.2 Å². The van der Waals surface area contributed by atoms with Gasteiger partial charge in [0.05, 0.1) is 0 Å². The SMILES string of the molecule is CCNC(=S)NNC(=O)c1cccc(O)c1. The summed E-state index contributed by atoms with van der Waals surface area (Å²) in [5, 5.41) is 12.3. The molecule has 4 N–H and O–H groups in total. The minimum absolute atomic E-state index is 0.0434. The van der Waals surface area contributed by atoms with E-state index in [0.717, 1.165) is 0 Å². The Hall–Kier alpha value is -1.82. The molecule has 5 nitrogen and oxygen atoms in total. The zero-order valence-electron chi connectivity index (χ0n) is 8.78. The van der Waals surface area contributed by atoms with Crippen molar-refractivity contribution in [1.29, 1.82) is 0 Å². The van der Waals surface area contributed by atoms with Crippen molar-refractivity contribution in [2.45, 2.75) is 6.92 Å². The van der Waals surface area contributed by atoms with Gasteiger partial charge in [0.2, 0.25) is 0 Å². The fourth-order valence-electron chi connectivity index (χ4n) is 1.04. The standard InChI is InChI=1S/C10H13N3O2S/c1-2-11-10(16)13-12-9(15)7-4-3-5-8(14)6-7/h3-6,14H,2H2,1H3,(H,12,15)(H2,11,13,16). The monoisotopic (exact) mass is 239 g/mol. The molecule has 6 heteroatoms. The van der Waals surface area contributed by atoms with E-state index in [1.54, 1.807) is 12.1 Å². The van der Waals surface area contributed by atoms with Gasteiger partial charge >= 0.3 is 0 Å². The van der Waals surface area contributed by atoms with Crippen LogP contribution in [-0.2, 0) is 0 Å². The molecule has 0 aromatic heterocycles. The molecule has 0 saturated heterocycles. The summed E-state index contributed by atoms with van der Waals surface area (Å²) in [5.41, 5.74) is 5.30. The molecule has 0 radical (unpaired) electrons. The number of carbonyl (C=O) groups is 1. The maximum atomic E-state index is 11.5. The summed E-state index contributed by atoms with van der Waals surface area (Å²) in [7, 11) is 0. The van der Waals surface area contributed by atoms with E-state index >= 15 is 0 Å². The fourth-order valence-corrected chi connectivity index (χ4v) is 1.23. The van der Waals surface area contributed by atoms with Gasteiger partial charge in [-0.3, -0.25) is 15.6 Å². The number of rotatable bonds is 2. The first kappa shape index (κ1) is 12.3. The van der Waals surface area contributed by atoms with Gasteiger partial charge in [0.25, 0.3) is 5.91 Å². The first-order valence-electron chi connectivity index (χ1n) is 4.76. The largest absolute Gasteiger partial charge is 0.508 e. The van der Waals surface area contributed by atoms with Crippen LogP contribution >= 0.6 is 12.2 Å². The molecule has 1 rings (SSSR count). The second kappa shape index (κ2) is 5.92. The van der Waals surface area contributed by atoms with Crippen LogP contribution in [0.4, 0.5) is 0 Å². The lowest BCUT2D eigenvalue weighted by Crippen LogP contribution is -2.46. The summed E-state index contributed by atoms with van der Waals surface area (Å²) < 4.78 is 0. The molecule has 1 amide bonds. The van der Waals surface area contributed by atoms with Crippen LogP contribution in [0.2, 0.25) is 0 Å². The molecule has 0 aliphatic carbocycles. The van der Waals surface area contributed by atoms with Crippen LogP contribution in [0.25, 0.3) is 0 Å². The van der Waals surface area contributed by atoms with E-state index in [-0.39, 0.29) is 11.7 Å². The van der Waals surface area contributed by atoms with Crippen molar-refractivity contribution in [2.75, 3.05) is 6.54 Å². The number of carbonyl (C=O) groups excluding carboxylic acids is 1. The average molecular weight is 239 g/mol. The molecule has 0 saturated carbocycles. The first-order chi connectivity index (χ1) is 7.63. The molecule has 0 fully saturated rings. The lowest BCUT2D eigenvalue weighted by molar-refractivity contribution is 0.0943. The number of phenolic OH excluding ortho intramolecular Hbond substituents is 1. The number of hydrazine groups is 1. The van der Waals surface area contributed by atoms with Gasteiger partial charge in [-0.1, -0.05) is 6.07 Å². The summed E-state index contributed by atoms with van der Waals surface area (Å²) in [6, 6.07) is 6.04. The van der Waals surface area contributed by atoms with Crippen molar-refractivity contribution < 1.29 is 9.90 Å². The number of amides is 1. The number of hydrogen-bond acceptors (Lipinski definition) is 3. The van der Waals surface area contributed by atoms with Crippen LogP contribution in [0.5, 0.6) is 5.75 Å². The molecular weight excluding hydrogens is 226 g/mol. The van der Waals surface area contributed by atoms with Gasteiger partial charge in [-0.25, -0.2) is 0 Å². The van der Waals surface area contributed by atoms with Crippen LogP contribution in [0.15, 0.2) is 24.3 Å². The van der Waals surface area contributed by atoms with Gasteiger partial charge < -0.3 is 10.4 Å². The third kappa shape index (κ3) is 3.74. The highest BCUT2D eigenvalue weighted by molar-refractivity contribution is 7.80. The first-order valence-corrected chi connectivity index (χ1v) is 5.17. The highest BCUT2D eigenvalue weighted by Crippen LogP contribution is 2.10. The van der Waals surface area contributed by atoms with Crippen LogP contribution in [0, 0.1) is 0 Å². The normalized spacial score (nSPS) is 9.31. The minimum atomic E-state index is -0.365. The fraction of sp³-hybridized carbons (Fsp3) is 0.200. The zero-order chi connectivity index (χ0) is 12.0. The summed E-state index contributed by atoms with van der Waals surface area (Å²) in [6.07, 6.45) is 0. The molecule has 86 valence electrons. The summed E-state index contributed by atoms with van der Waals surface area (Å²) in [5.74, 6) is -0.321. The highest BCUT2D eigenvalue weighted by atomic mass is 32.1. The summed E-state index contributed by atoms with van der Waals surface area (Å²) in [4.78, 5) is 11.5. The average Bonchev–Trinajstić information content (AvgIpc) is 2.26. The number of benzene rings is 1. The Bertz CT molecular complexity index is 395. The Morgan fingerprint density at radius 2 is 2.19 bits per heavy atom. The van der Waals surface area contributed by atoms with Crippen LogP contribution in [0.3, 0.4) is 0 Å². The van der Waals surface area contributed by atoms with E-state index in [0.29, 0.717) is 17.2 Å². The third-order valence-corrected chi connectivity index (χ3v) is 1.98. The molecule has 1 aromatic rings. The maximum Gasteiger partial charge on any atom is 0.269 e. The molecular formula is C10H13N3O2S. The minimum Gasteiger partial charge on any atom is -0.508 e. The Morgan fingerprint density at radius 3 is 2.81 bits per heavy atom. The van der Waals surface area contributed by atoms with E-state index in [4.69, 9.17) is 12.2 Å². The molecule has 0 atom stereocenters. The van der Waals surface area contributed by atoms with Crippen molar-refractivity contribution in [2.24, 2.45) is 0 Å². The Kier molecular flexibility index (Phi) is 4.53. The molecule has 0 heterocycles. The van der Waals surface area contributed by atoms with Crippen molar-refractivity contribution in [1.82, 2.24) is 16.2 Å². The van der Waals surface area contributed by atoms with Crippen LogP contribution in [-0.4, -0.2) is 22.7 Å². The van der Waals surface area contributed by atoms with Crippen LogP contribution < -0.4 is 16.2 Å². The Balaban J connectivity index is 2.50. The quantitative estimate of drug-likeness (QED) is 0.447. The summed E-state index contributed by atoms with van der Waals surface area (Å²) in [6.45, 7) is 2.57. The molecule has 0 aliphatic heterocycles. The van der Waals surface area contributed by atoms with Gasteiger partial charge in [-0.2, -0.15) is 0 Å². The molecule has 0 bridgehead atoms. The predicted octanol–water partition coefficient (Wildman–Crippen LogP) is 0.521. The molecule has 0 aliphatic rings. The van der Waals surface area contributed by atoms with E-state index in [9.17, 15) is 9.90 Å². The number of phenols is 1. The van der Waals surface area contributed by atoms with E-state index in [1.807, 2.05) is 6.92 Å². The molecule has 1 aromatic carbocycles. The number of nitrogens with one attached hydrogen (secondary N) is 3. The lowest BCUT2D eigenvalue weighted by Gasteiger charge is -2.10. The van der Waals surface area contributed by atoms with Gasteiger partial charge in [0, 0.05) is 12.1 Å². The van der Waals surface area contributed by atoms with Crippen molar-refractivity contribution in [3.63, 3.8) is 0 Å². The summed E-state index contributed by atoms with van der Waals surface area (Å²) >= 11 is 4.86. The number of hydrogen-bond donors (Lipinski definition) is 4. The second-order valence-corrected chi connectivity index (χ2v) is 3.40. The van der Waals surface area contributed by atoms with Crippen molar-refractivity contribution >= 4 is 23.2 Å². The third-order valence-electron chi connectivity index (χ3n) is 1.74. The number of thiocarbonyl (C=S) groups is 1. The van der Waals surface area contributed by atoms with Gasteiger partial charge in [-0.05, 0) is 37.3 Å². The number of aromatic hydroxyl groups is 1. The molecule has 0 spiro atoms. The highest BCUT2D eigenvalue weighted by Gasteiger charge is 2.05. The van der Waals surface area contributed by atoms with Gasteiger partial charge in [0.15, 0.2) is 5.11 Å². The van der Waals surface area contributed by atoms with E-state index in [1.165, 1.54) is 12.1 Å². The predicted molar refractivity (Wildman–Crippen MR) is 65.0 cm³/mol. The Labute approximate surface area is 98.8 Å². The van der Waals surface area contributed by atoms with E-state index < -0.39 is 0 Å². The van der Waals surface area contributed by atoms with Gasteiger partial charge in [0.1, 0.15) is 5.75 Å². The molecule has 0 unspecified atom stereocenters. The smallest absolute Gasteiger partial charge is 0.269 e. The van der Waals surface area contributed by atoms with Crippen molar-refractivity contribution in [3.05, 3.63) is 29.8 Å². The van der Waals surface area contributed by atoms with Crippen LogP contribution in [0.1, 0.15) is 17.3 Å². The lowest BCUT2D eigenvalue weighted by atomic mass is 10.2. The second-order valence-electron chi connectivity index (χ2n) is 2.99. The zero-order valence-corrected chi connectivity index (χ0v) is 9.60. The molecule has 16 heavy (non-hydrogen) atoms. The van der Waals surface area contributed by atoms with Crippen molar-refractivity contribution in [3.8, 4) is 5.75 Å². The van der Waals surface area contributed by atoms with Gasteiger partial charge in [-0.15, -0.1) is 0 Å². The Morgan fingerprint density at radius 1 is 1.44 bits per heavy atom.